The van der Waals surface area contributed by atoms with E-state index in [0.717, 1.165) is 11.9 Å². The summed E-state index contributed by atoms with van der Waals surface area (Å²) in [7, 11) is 2.15. The monoisotopic (exact) mass is 524 g/mol. The van der Waals surface area contributed by atoms with Crippen molar-refractivity contribution in [1.82, 2.24) is 9.38 Å². The second kappa shape index (κ2) is 7.19. The van der Waals surface area contributed by atoms with Crippen molar-refractivity contribution in [3.05, 3.63) is 59.4 Å². The summed E-state index contributed by atoms with van der Waals surface area (Å²) in [5, 5.41) is 5.38. The summed E-state index contributed by atoms with van der Waals surface area (Å²) in [5.74, 6) is 7.43. The summed E-state index contributed by atoms with van der Waals surface area (Å²) in [6, 6.07) is 14.5. The number of nitrogens with zero attached hydrogens (tertiary/aromatic N) is 3. The van der Waals surface area contributed by atoms with Crippen LogP contribution in [-0.2, 0) is 13.5 Å². The molecule has 0 radical (unpaired) electrons. The maximum absolute atomic E-state index is 4.95. The Hall–Kier alpha value is -2.66. The van der Waals surface area contributed by atoms with Crippen LogP contribution in [0.2, 0.25) is 17.3 Å². The van der Waals surface area contributed by atoms with Crippen LogP contribution in [0.15, 0.2) is 42.7 Å². The van der Waals surface area contributed by atoms with Gasteiger partial charge in [-0.1, -0.05) is 0 Å². The molecule has 0 amide bonds. The van der Waals surface area contributed by atoms with Crippen LogP contribution in [-0.4, -0.2) is 22.7 Å². The van der Waals surface area contributed by atoms with E-state index in [0.29, 0.717) is 0 Å². The Morgan fingerprint density at radius 1 is 0.914 bits per heavy atom. The fraction of sp³-hybridized carbons (Fsp3) is 0.355. The third kappa shape index (κ3) is 3.31. The van der Waals surface area contributed by atoms with Crippen molar-refractivity contribution in [3.8, 4) is 0 Å². The number of aromatic nitrogens is 3. The zero-order valence-corrected chi connectivity index (χ0v) is 24.7. The van der Waals surface area contributed by atoms with Gasteiger partial charge in [0.25, 0.3) is 0 Å². The van der Waals surface area contributed by atoms with Crippen LogP contribution in [0.4, 0.5) is 0 Å². The van der Waals surface area contributed by atoms with Gasteiger partial charge in [-0.2, -0.15) is 0 Å². The number of aryl methyl sites for hydroxylation is 3. The number of hydrogen-bond acceptors (Lipinski definition) is 1. The average molecular weight is 523 g/mol. The summed E-state index contributed by atoms with van der Waals surface area (Å²) in [6.45, 7) is 11.5. The number of pyridine rings is 1. The van der Waals surface area contributed by atoms with Crippen LogP contribution in [0.5, 0.6) is 0 Å². The van der Waals surface area contributed by atoms with E-state index in [1.165, 1.54) is 64.7 Å². The number of rotatable bonds is 2. The van der Waals surface area contributed by atoms with Crippen LogP contribution in [0.3, 0.4) is 0 Å². The third-order valence-electron chi connectivity index (χ3n) is 7.77. The van der Waals surface area contributed by atoms with Crippen molar-refractivity contribution in [3.63, 3.8) is 0 Å². The Labute approximate surface area is 210 Å². The first-order chi connectivity index (χ1) is 16.3. The van der Waals surface area contributed by atoms with Crippen LogP contribution in [0.1, 0.15) is 37.5 Å². The van der Waals surface area contributed by atoms with E-state index >= 15 is 0 Å². The van der Waals surface area contributed by atoms with E-state index in [9.17, 15) is 0 Å². The zero-order chi connectivity index (χ0) is 25.0. The van der Waals surface area contributed by atoms with E-state index in [1.54, 1.807) is 0 Å². The average Bonchev–Trinajstić information content (AvgIpc) is 3.07. The van der Waals surface area contributed by atoms with Crippen molar-refractivity contribution < 1.29 is 4.57 Å². The number of hydrogen-bond donors (Lipinski definition) is 0. The van der Waals surface area contributed by atoms with E-state index in [1.807, 2.05) is 6.33 Å². The van der Waals surface area contributed by atoms with E-state index in [4.69, 9.17) is 4.98 Å². The predicted octanol–water partition coefficient (Wildman–Crippen LogP) is 6.96. The molecule has 0 atom stereocenters. The SMILES string of the molecule is Cc1cc2c3cc(CC(C)(C)C)ccc3n3c4c[c]([Ge]([CH3])([CH3])[CH3])cc5nc[n+](C)c(c(c1C)c23)c54. The van der Waals surface area contributed by atoms with Gasteiger partial charge in [0.15, 0.2) is 0 Å². The van der Waals surface area contributed by atoms with Crippen molar-refractivity contribution in [2.75, 3.05) is 0 Å². The van der Waals surface area contributed by atoms with Gasteiger partial charge in [-0.25, -0.2) is 0 Å². The molecule has 3 nitrogen and oxygen atoms in total. The van der Waals surface area contributed by atoms with Gasteiger partial charge in [-0.05, 0) is 0 Å². The minimum absolute atomic E-state index is 0.257. The minimum atomic E-state index is -2.10. The molecule has 0 bridgehead atoms. The van der Waals surface area contributed by atoms with Crippen molar-refractivity contribution in [2.45, 2.75) is 58.3 Å². The molecule has 3 aromatic carbocycles. The fourth-order valence-corrected chi connectivity index (χ4v) is 8.36. The molecule has 0 saturated heterocycles. The van der Waals surface area contributed by atoms with Crippen LogP contribution >= 0.6 is 0 Å². The van der Waals surface area contributed by atoms with E-state index < -0.39 is 13.3 Å². The molecule has 6 aromatic rings. The third-order valence-corrected chi connectivity index (χ3v) is 12.0. The Bertz CT molecular complexity index is 1810. The van der Waals surface area contributed by atoms with Crippen LogP contribution in [0, 0.1) is 19.3 Å². The summed E-state index contributed by atoms with van der Waals surface area (Å²) < 4.78 is 6.30. The Morgan fingerprint density at radius 3 is 2.34 bits per heavy atom. The molecule has 0 saturated carbocycles. The first-order valence-electron chi connectivity index (χ1n) is 12.8. The van der Waals surface area contributed by atoms with Gasteiger partial charge < -0.3 is 0 Å². The maximum atomic E-state index is 4.95. The van der Waals surface area contributed by atoms with Crippen molar-refractivity contribution in [1.29, 1.82) is 0 Å². The summed E-state index contributed by atoms with van der Waals surface area (Å²) in [4.78, 5) is 4.95. The summed E-state index contributed by atoms with van der Waals surface area (Å²) >= 11 is -2.10. The fourth-order valence-electron chi connectivity index (χ4n) is 5.97. The normalized spacial score (nSPS) is 13.4. The van der Waals surface area contributed by atoms with Crippen molar-refractivity contribution >= 4 is 66.8 Å². The predicted molar refractivity (Wildman–Crippen MR) is 153 cm³/mol. The van der Waals surface area contributed by atoms with Gasteiger partial charge in [0.2, 0.25) is 0 Å². The molecular formula is C31H36GeN3+. The Kier molecular flexibility index (Phi) is 4.68. The Morgan fingerprint density at radius 2 is 1.66 bits per heavy atom. The molecule has 178 valence electrons. The molecule has 35 heavy (non-hydrogen) atoms. The first-order valence-corrected chi connectivity index (χ1v) is 20.1. The summed E-state index contributed by atoms with van der Waals surface area (Å²) in [6.07, 6.45) is 3.08. The van der Waals surface area contributed by atoms with Gasteiger partial charge in [-0.3, -0.25) is 0 Å². The number of fused-ring (bicyclic) bond motifs is 5. The second-order valence-corrected chi connectivity index (χ2v) is 23.5. The zero-order valence-electron chi connectivity index (χ0n) is 22.6. The molecule has 0 spiro atoms. The summed E-state index contributed by atoms with van der Waals surface area (Å²) in [5.41, 5.74) is 10.8. The van der Waals surface area contributed by atoms with Gasteiger partial charge in [0, 0.05) is 0 Å². The molecule has 6 rings (SSSR count). The second-order valence-electron chi connectivity index (χ2n) is 12.9. The van der Waals surface area contributed by atoms with E-state index in [2.05, 4.69) is 104 Å². The van der Waals surface area contributed by atoms with Crippen LogP contribution in [0.25, 0.3) is 49.1 Å². The molecule has 3 heterocycles. The molecule has 4 heteroatoms. The first kappa shape index (κ1) is 22.8. The topological polar surface area (TPSA) is 21.2 Å². The Balaban J connectivity index is 1.93. The molecule has 0 fully saturated rings. The molecule has 0 unspecified atom stereocenters. The molecule has 0 N–H and O–H groups in total. The van der Waals surface area contributed by atoms with Gasteiger partial charge in [-0.15, -0.1) is 0 Å². The van der Waals surface area contributed by atoms with Crippen molar-refractivity contribution in [2.24, 2.45) is 12.5 Å². The number of benzene rings is 3. The molecule has 0 aliphatic rings. The molecular weight excluding hydrogens is 487 g/mol. The standard InChI is InChI=1S/C31H36GeN3/c1-18-12-23-22-13-20(16-31(3,4)5)10-11-25(22)35-26-15-21(32(6,7)8)14-24-28(26)30(34(9)17-33-24)27(19(18)2)29(23)35/h10-15,17H,16H2,1-9H3/q+1. The molecule has 3 aromatic heterocycles. The van der Waals surface area contributed by atoms with E-state index in [-0.39, 0.29) is 5.41 Å². The molecule has 0 aliphatic heterocycles. The van der Waals surface area contributed by atoms with Gasteiger partial charge in [0.1, 0.15) is 0 Å². The van der Waals surface area contributed by atoms with Gasteiger partial charge >= 0.3 is 211 Å². The van der Waals surface area contributed by atoms with Crippen LogP contribution < -0.4 is 8.96 Å². The quantitative estimate of drug-likeness (QED) is 0.104. The van der Waals surface area contributed by atoms with Gasteiger partial charge in [0.05, 0.1) is 0 Å². The molecule has 0 aliphatic carbocycles.